The number of rotatable bonds is 9. The molecule has 1 atom stereocenters. The van der Waals surface area contributed by atoms with Crippen molar-refractivity contribution < 1.29 is 24.2 Å². The van der Waals surface area contributed by atoms with Crippen molar-refractivity contribution in [1.29, 1.82) is 0 Å². The Balaban J connectivity index is 1.33. The Morgan fingerprint density at radius 2 is 1.53 bits per heavy atom. The van der Waals surface area contributed by atoms with Crippen LogP contribution in [-0.4, -0.2) is 41.8 Å². The molecule has 0 saturated heterocycles. The van der Waals surface area contributed by atoms with E-state index in [4.69, 9.17) is 4.74 Å². The number of carboxylic acids is 1. The highest BCUT2D eigenvalue weighted by atomic mass is 16.5. The number of benzene rings is 2. The molecule has 180 valence electrons. The number of alkyl carbamates (subject to hydrolysis) is 1. The molecular weight excluding hydrogens is 432 g/mol. The molecule has 1 saturated carbocycles. The standard InChI is InChI=1S/C27H32N2O5/c1-26(2,24(32)29-27(3,14-23(30)31)17-12-13-17)16-28-25(33)34-15-22-20-10-6-4-8-18(20)19-9-5-7-11-21(19)22/h4-11,17,22H,12-16H2,1-3H3,(H,28,33)(H,29,32)(H,30,31). The largest absolute Gasteiger partial charge is 0.481 e. The van der Waals surface area contributed by atoms with Crippen LogP contribution in [0.15, 0.2) is 48.5 Å². The van der Waals surface area contributed by atoms with E-state index in [1.165, 1.54) is 0 Å². The number of hydrogen-bond acceptors (Lipinski definition) is 4. The maximum Gasteiger partial charge on any atom is 0.407 e. The lowest BCUT2D eigenvalue weighted by atomic mass is 9.86. The Kier molecular flexibility index (Phi) is 6.39. The molecule has 4 rings (SSSR count). The van der Waals surface area contributed by atoms with Crippen molar-refractivity contribution in [2.45, 2.75) is 51.5 Å². The quantitative estimate of drug-likeness (QED) is 0.513. The average molecular weight is 465 g/mol. The van der Waals surface area contributed by atoms with Gasteiger partial charge in [0.2, 0.25) is 5.91 Å². The molecule has 0 radical (unpaired) electrons. The van der Waals surface area contributed by atoms with Gasteiger partial charge in [0.25, 0.3) is 0 Å². The molecule has 2 aromatic carbocycles. The number of fused-ring (bicyclic) bond motifs is 3. The molecule has 0 aliphatic heterocycles. The smallest absolute Gasteiger partial charge is 0.407 e. The van der Waals surface area contributed by atoms with Crippen LogP contribution in [0, 0.1) is 11.3 Å². The molecule has 0 heterocycles. The molecule has 34 heavy (non-hydrogen) atoms. The van der Waals surface area contributed by atoms with Gasteiger partial charge in [-0.25, -0.2) is 4.79 Å². The molecule has 1 unspecified atom stereocenters. The van der Waals surface area contributed by atoms with Gasteiger partial charge in [-0.2, -0.15) is 0 Å². The fraction of sp³-hybridized carbons (Fsp3) is 0.444. The Bertz CT molecular complexity index is 1060. The maximum absolute atomic E-state index is 13.0. The third-order valence-corrected chi connectivity index (χ3v) is 7.03. The first-order valence-electron chi connectivity index (χ1n) is 11.7. The Morgan fingerprint density at radius 3 is 2.06 bits per heavy atom. The summed E-state index contributed by atoms with van der Waals surface area (Å²) in [4.78, 5) is 36.8. The summed E-state index contributed by atoms with van der Waals surface area (Å²) < 4.78 is 5.56. The van der Waals surface area contributed by atoms with E-state index < -0.39 is 23.0 Å². The number of ether oxygens (including phenoxy) is 1. The van der Waals surface area contributed by atoms with E-state index in [1.54, 1.807) is 20.8 Å². The van der Waals surface area contributed by atoms with Gasteiger partial charge in [0, 0.05) is 12.5 Å². The van der Waals surface area contributed by atoms with Gasteiger partial charge < -0.3 is 20.5 Å². The van der Waals surface area contributed by atoms with Gasteiger partial charge in [-0.1, -0.05) is 48.5 Å². The third-order valence-electron chi connectivity index (χ3n) is 7.03. The zero-order valence-electron chi connectivity index (χ0n) is 19.9. The van der Waals surface area contributed by atoms with E-state index >= 15 is 0 Å². The lowest BCUT2D eigenvalue weighted by Gasteiger charge is -2.34. The average Bonchev–Trinajstić information content (AvgIpc) is 3.60. The van der Waals surface area contributed by atoms with Crippen molar-refractivity contribution in [3.05, 3.63) is 59.7 Å². The Hall–Kier alpha value is -3.35. The zero-order valence-corrected chi connectivity index (χ0v) is 19.9. The number of carboxylic acid groups (broad SMARTS) is 1. The molecular formula is C27H32N2O5. The minimum absolute atomic E-state index is 0.0373. The van der Waals surface area contributed by atoms with Gasteiger partial charge in [-0.15, -0.1) is 0 Å². The zero-order chi connectivity index (χ0) is 24.5. The summed E-state index contributed by atoms with van der Waals surface area (Å²) in [6.07, 6.45) is 1.10. The molecule has 3 N–H and O–H groups in total. The third kappa shape index (κ3) is 4.93. The van der Waals surface area contributed by atoms with Gasteiger partial charge in [0.1, 0.15) is 6.61 Å². The van der Waals surface area contributed by atoms with E-state index in [1.807, 2.05) is 24.3 Å². The van der Waals surface area contributed by atoms with Gasteiger partial charge in [0.05, 0.1) is 17.4 Å². The van der Waals surface area contributed by atoms with E-state index in [9.17, 15) is 19.5 Å². The highest BCUT2D eigenvalue weighted by Gasteiger charge is 2.46. The first kappa shape index (κ1) is 23.8. The highest BCUT2D eigenvalue weighted by molar-refractivity contribution is 5.84. The van der Waals surface area contributed by atoms with Crippen molar-refractivity contribution in [3.8, 4) is 11.1 Å². The predicted molar refractivity (Wildman–Crippen MR) is 128 cm³/mol. The van der Waals surface area contributed by atoms with Crippen LogP contribution in [0.5, 0.6) is 0 Å². The van der Waals surface area contributed by atoms with Crippen molar-refractivity contribution in [2.75, 3.05) is 13.2 Å². The molecule has 0 aromatic heterocycles. The number of amides is 2. The molecule has 2 amide bonds. The van der Waals surface area contributed by atoms with Crippen LogP contribution in [0.1, 0.15) is 57.1 Å². The highest BCUT2D eigenvalue weighted by Crippen LogP contribution is 2.44. The van der Waals surface area contributed by atoms with Gasteiger partial charge in [-0.3, -0.25) is 9.59 Å². The fourth-order valence-electron chi connectivity index (χ4n) is 4.78. The maximum atomic E-state index is 13.0. The lowest BCUT2D eigenvalue weighted by molar-refractivity contribution is -0.140. The number of aliphatic carboxylic acids is 1. The molecule has 2 aromatic rings. The summed E-state index contributed by atoms with van der Waals surface area (Å²) in [5, 5.41) is 14.9. The first-order chi connectivity index (χ1) is 16.1. The lowest BCUT2D eigenvalue weighted by Crippen LogP contribution is -2.55. The van der Waals surface area contributed by atoms with Crippen molar-refractivity contribution in [1.82, 2.24) is 10.6 Å². The molecule has 0 spiro atoms. The summed E-state index contributed by atoms with van der Waals surface area (Å²) >= 11 is 0. The van der Waals surface area contributed by atoms with E-state index in [0.29, 0.717) is 0 Å². The summed E-state index contributed by atoms with van der Waals surface area (Å²) in [5.41, 5.74) is 2.86. The van der Waals surface area contributed by atoms with Crippen LogP contribution in [0.4, 0.5) is 4.79 Å². The number of carbonyl (C=O) groups is 3. The number of hydrogen-bond donors (Lipinski definition) is 3. The van der Waals surface area contributed by atoms with Crippen LogP contribution in [0.3, 0.4) is 0 Å². The predicted octanol–water partition coefficient (Wildman–Crippen LogP) is 4.31. The van der Waals surface area contributed by atoms with Crippen molar-refractivity contribution in [2.24, 2.45) is 11.3 Å². The van der Waals surface area contributed by atoms with Crippen LogP contribution >= 0.6 is 0 Å². The summed E-state index contributed by atoms with van der Waals surface area (Å²) in [7, 11) is 0. The molecule has 2 aliphatic rings. The monoisotopic (exact) mass is 464 g/mol. The van der Waals surface area contributed by atoms with Crippen molar-refractivity contribution >= 4 is 18.0 Å². The second kappa shape index (κ2) is 9.12. The number of carbonyl (C=O) groups excluding carboxylic acids is 2. The van der Waals surface area contributed by atoms with Gasteiger partial charge >= 0.3 is 12.1 Å². The summed E-state index contributed by atoms with van der Waals surface area (Å²) in [6.45, 7) is 5.50. The number of nitrogens with one attached hydrogen (secondary N) is 2. The fourth-order valence-corrected chi connectivity index (χ4v) is 4.78. The van der Waals surface area contributed by atoms with Crippen LogP contribution in [0.2, 0.25) is 0 Å². The first-order valence-corrected chi connectivity index (χ1v) is 11.7. The van der Waals surface area contributed by atoms with Crippen LogP contribution in [0.25, 0.3) is 11.1 Å². The second-order valence-electron chi connectivity index (χ2n) is 10.3. The Morgan fingerprint density at radius 1 is 0.971 bits per heavy atom. The molecule has 2 aliphatic carbocycles. The van der Waals surface area contributed by atoms with E-state index in [0.717, 1.165) is 35.1 Å². The van der Waals surface area contributed by atoms with E-state index in [-0.39, 0.29) is 37.3 Å². The topological polar surface area (TPSA) is 105 Å². The van der Waals surface area contributed by atoms with Gasteiger partial charge in [-0.05, 0) is 61.8 Å². The molecule has 7 nitrogen and oxygen atoms in total. The van der Waals surface area contributed by atoms with Crippen molar-refractivity contribution in [3.63, 3.8) is 0 Å². The normalized spacial score (nSPS) is 16.7. The SMILES string of the molecule is CC(C)(CNC(=O)OCC1c2ccccc2-c2ccccc21)C(=O)NC(C)(CC(=O)O)C1CC1. The summed E-state index contributed by atoms with van der Waals surface area (Å²) in [5.74, 6) is -1.10. The van der Waals surface area contributed by atoms with Crippen LogP contribution < -0.4 is 10.6 Å². The van der Waals surface area contributed by atoms with Crippen LogP contribution in [-0.2, 0) is 14.3 Å². The van der Waals surface area contributed by atoms with Gasteiger partial charge in [0.15, 0.2) is 0 Å². The Labute approximate surface area is 199 Å². The second-order valence-corrected chi connectivity index (χ2v) is 10.3. The molecule has 0 bridgehead atoms. The molecule has 1 fully saturated rings. The summed E-state index contributed by atoms with van der Waals surface area (Å²) in [6, 6.07) is 16.2. The molecule has 7 heteroatoms. The minimum atomic E-state index is -0.940. The van der Waals surface area contributed by atoms with E-state index in [2.05, 4.69) is 34.9 Å². The minimum Gasteiger partial charge on any atom is -0.481 e.